The van der Waals surface area contributed by atoms with E-state index in [4.69, 9.17) is 18.6 Å². The van der Waals surface area contributed by atoms with Crippen LogP contribution in [0.25, 0.3) is 0 Å². The number of rotatable bonds is 8. The van der Waals surface area contributed by atoms with Gasteiger partial charge in [0.15, 0.2) is 11.2 Å². The number of carbonyl (C=O) groups is 2. The highest BCUT2D eigenvalue weighted by Gasteiger charge is 2.54. The lowest BCUT2D eigenvalue weighted by Crippen LogP contribution is -2.53. The zero-order valence-electron chi connectivity index (χ0n) is 20.6. The third-order valence-corrected chi connectivity index (χ3v) is 12.4. The van der Waals surface area contributed by atoms with Crippen LogP contribution in [0, 0.1) is 5.41 Å². The molecule has 0 atom stereocenters. The Morgan fingerprint density at radius 3 is 1.81 bits per heavy atom. The van der Waals surface area contributed by atoms with Crippen molar-refractivity contribution in [2.24, 2.45) is 5.41 Å². The fourth-order valence-electron chi connectivity index (χ4n) is 4.81. The summed E-state index contributed by atoms with van der Waals surface area (Å²) in [6, 6.07) is 5.57. The highest BCUT2D eigenvalue weighted by atomic mass is 28.4. The van der Waals surface area contributed by atoms with Crippen LogP contribution in [0.1, 0.15) is 67.9 Å². The van der Waals surface area contributed by atoms with E-state index in [9.17, 15) is 9.59 Å². The third-order valence-electron chi connectivity index (χ3n) is 6.39. The topological polar surface area (TPSA) is 71.1 Å². The van der Waals surface area contributed by atoms with Gasteiger partial charge in [0.25, 0.3) is 14.1 Å². The second kappa shape index (κ2) is 8.85. The van der Waals surface area contributed by atoms with Crippen LogP contribution in [0.3, 0.4) is 0 Å². The van der Waals surface area contributed by atoms with Crippen molar-refractivity contribution in [2.45, 2.75) is 91.1 Å². The summed E-state index contributed by atoms with van der Waals surface area (Å²) in [7, 11) is -0.707. The molecule has 31 heavy (non-hydrogen) atoms. The standard InChI is InChI=1S/C24H38O6Si/c1-15(2)31(16(3)4,17(5)6)30-20-18(12-11-13-19(20)27-10)14-24(9)21(25)28-23(7,8)29-22(24)26/h11-13,15-17H,14H2,1-10H3. The molecule has 0 amide bonds. The minimum absolute atomic E-state index is 0.103. The van der Waals surface area contributed by atoms with E-state index in [0.29, 0.717) is 28.1 Å². The van der Waals surface area contributed by atoms with Gasteiger partial charge in [0.2, 0.25) is 0 Å². The van der Waals surface area contributed by atoms with Gasteiger partial charge in [0, 0.05) is 20.3 Å². The molecule has 1 aliphatic heterocycles. The summed E-state index contributed by atoms with van der Waals surface area (Å²) in [5.41, 5.74) is 0.329. The Labute approximate surface area is 187 Å². The summed E-state index contributed by atoms with van der Waals surface area (Å²) in [5, 5.41) is 0. The van der Waals surface area contributed by atoms with Crippen molar-refractivity contribution in [1.82, 2.24) is 0 Å². The normalized spacial score (nSPS) is 18.2. The first-order valence-corrected chi connectivity index (χ1v) is 13.2. The van der Waals surface area contributed by atoms with Crippen molar-refractivity contribution in [1.29, 1.82) is 0 Å². The fraction of sp³-hybridized carbons (Fsp3) is 0.667. The number of methoxy groups -OCH3 is 1. The van der Waals surface area contributed by atoms with Crippen molar-refractivity contribution in [3.63, 3.8) is 0 Å². The number of cyclic esters (lactones) is 2. The van der Waals surface area contributed by atoms with Gasteiger partial charge in [-0.05, 0) is 35.2 Å². The van der Waals surface area contributed by atoms with E-state index in [1.54, 1.807) is 27.9 Å². The molecule has 6 nitrogen and oxygen atoms in total. The van der Waals surface area contributed by atoms with Crippen molar-refractivity contribution in [2.75, 3.05) is 7.11 Å². The van der Waals surface area contributed by atoms with Gasteiger partial charge in [-0.2, -0.15) is 0 Å². The molecule has 0 radical (unpaired) electrons. The Morgan fingerprint density at radius 1 is 0.903 bits per heavy atom. The molecule has 0 saturated carbocycles. The van der Waals surface area contributed by atoms with E-state index in [0.717, 1.165) is 5.56 Å². The molecule has 1 fully saturated rings. The molecule has 0 bridgehead atoms. The maximum absolute atomic E-state index is 12.8. The first-order chi connectivity index (χ1) is 14.2. The Bertz CT molecular complexity index is 786. The number of hydrogen-bond acceptors (Lipinski definition) is 6. The number of carbonyl (C=O) groups excluding carboxylic acids is 2. The lowest BCUT2D eigenvalue weighted by molar-refractivity contribution is -0.249. The first-order valence-electron chi connectivity index (χ1n) is 11.0. The Hall–Kier alpha value is -2.02. The van der Waals surface area contributed by atoms with E-state index in [1.165, 1.54) is 0 Å². The molecule has 2 rings (SSSR count). The summed E-state index contributed by atoms with van der Waals surface area (Å²) in [4.78, 5) is 25.7. The lowest BCUT2D eigenvalue weighted by atomic mass is 9.82. The summed E-state index contributed by atoms with van der Waals surface area (Å²) in [5.74, 6) is -1.25. The molecule has 0 aliphatic carbocycles. The lowest BCUT2D eigenvalue weighted by Gasteiger charge is -2.43. The summed E-state index contributed by atoms with van der Waals surface area (Å²) in [6.07, 6.45) is 0.103. The molecule has 1 aromatic rings. The van der Waals surface area contributed by atoms with E-state index in [2.05, 4.69) is 41.5 Å². The zero-order valence-corrected chi connectivity index (χ0v) is 21.6. The van der Waals surface area contributed by atoms with Crippen LogP contribution in [0.4, 0.5) is 0 Å². The van der Waals surface area contributed by atoms with Crippen molar-refractivity contribution >= 4 is 20.3 Å². The van der Waals surface area contributed by atoms with Crippen molar-refractivity contribution in [3.8, 4) is 11.5 Å². The molecular weight excluding hydrogens is 412 g/mol. The van der Waals surface area contributed by atoms with E-state index < -0.39 is 31.5 Å². The molecule has 1 saturated heterocycles. The number of ether oxygens (including phenoxy) is 3. The van der Waals surface area contributed by atoms with Gasteiger partial charge in [0.05, 0.1) is 7.11 Å². The quantitative estimate of drug-likeness (QED) is 0.290. The molecular formula is C24H38O6Si. The van der Waals surface area contributed by atoms with Crippen LogP contribution in [0.2, 0.25) is 16.6 Å². The van der Waals surface area contributed by atoms with Gasteiger partial charge in [0.1, 0.15) is 5.75 Å². The van der Waals surface area contributed by atoms with Gasteiger partial charge in [-0.3, -0.25) is 9.59 Å². The molecule has 1 heterocycles. The first kappa shape index (κ1) is 25.2. The van der Waals surface area contributed by atoms with E-state index in [1.807, 2.05) is 18.2 Å². The summed E-state index contributed by atoms with van der Waals surface area (Å²) in [6.45, 7) is 17.9. The smallest absolute Gasteiger partial charge is 0.326 e. The molecule has 0 unspecified atom stereocenters. The van der Waals surface area contributed by atoms with Crippen molar-refractivity contribution in [3.05, 3.63) is 23.8 Å². The minimum Gasteiger partial charge on any atom is -0.540 e. The van der Waals surface area contributed by atoms with E-state index in [-0.39, 0.29) is 6.42 Å². The van der Waals surface area contributed by atoms with Crippen LogP contribution >= 0.6 is 0 Å². The SMILES string of the molecule is COc1cccc(CC2(C)C(=O)OC(C)(C)OC2=O)c1O[Si](C(C)C)(C(C)C)C(C)C. The third kappa shape index (κ3) is 4.61. The number of para-hydroxylation sites is 1. The highest BCUT2D eigenvalue weighted by Crippen LogP contribution is 2.47. The van der Waals surface area contributed by atoms with Gasteiger partial charge >= 0.3 is 11.9 Å². The maximum atomic E-state index is 12.8. The molecule has 7 heteroatoms. The van der Waals surface area contributed by atoms with Crippen molar-refractivity contribution < 1.29 is 28.2 Å². The van der Waals surface area contributed by atoms with Crippen LogP contribution in [-0.2, 0) is 25.5 Å². The predicted octanol–water partition coefficient (Wildman–Crippen LogP) is 5.63. The second-order valence-corrected chi connectivity index (χ2v) is 15.4. The Balaban J connectivity index is 2.57. The average molecular weight is 451 g/mol. The van der Waals surface area contributed by atoms with Gasteiger partial charge in [-0.25, -0.2) is 0 Å². The summed E-state index contributed by atoms with van der Waals surface area (Å²) < 4.78 is 23.4. The van der Waals surface area contributed by atoms with Gasteiger partial charge < -0.3 is 18.6 Å². The molecule has 0 N–H and O–H groups in total. The monoisotopic (exact) mass is 450 g/mol. The zero-order chi connectivity index (χ0) is 23.8. The average Bonchev–Trinajstić information content (AvgIpc) is 2.63. The molecule has 1 aromatic carbocycles. The molecule has 174 valence electrons. The van der Waals surface area contributed by atoms with Crippen LogP contribution in [0.5, 0.6) is 11.5 Å². The Kier molecular flexibility index (Phi) is 7.20. The second-order valence-electron chi connectivity index (χ2n) is 10.1. The Morgan fingerprint density at radius 2 is 1.39 bits per heavy atom. The van der Waals surface area contributed by atoms with Crippen LogP contribution in [-0.4, -0.2) is 33.2 Å². The molecule has 1 aliphatic rings. The van der Waals surface area contributed by atoms with Gasteiger partial charge in [-0.15, -0.1) is 0 Å². The molecule has 0 aromatic heterocycles. The van der Waals surface area contributed by atoms with Crippen LogP contribution in [0.15, 0.2) is 18.2 Å². The highest BCUT2D eigenvalue weighted by molar-refractivity contribution is 6.78. The van der Waals surface area contributed by atoms with E-state index >= 15 is 0 Å². The van der Waals surface area contributed by atoms with Gasteiger partial charge in [-0.1, -0.05) is 53.7 Å². The largest absolute Gasteiger partial charge is 0.540 e. The number of benzene rings is 1. The predicted molar refractivity (Wildman–Crippen MR) is 123 cm³/mol. The number of esters is 2. The molecule has 0 spiro atoms. The summed E-state index contributed by atoms with van der Waals surface area (Å²) >= 11 is 0. The number of hydrogen-bond donors (Lipinski definition) is 0. The van der Waals surface area contributed by atoms with Crippen LogP contribution < -0.4 is 9.16 Å². The fourth-order valence-corrected chi connectivity index (χ4v) is 10.1. The minimum atomic E-state index is -2.31. The maximum Gasteiger partial charge on any atom is 0.326 e.